The SMILES string of the molecule is Cn1nccc1CCC1CCCCC1CNC1CC1. The van der Waals surface area contributed by atoms with Gasteiger partial charge in [-0.2, -0.15) is 5.10 Å². The van der Waals surface area contributed by atoms with E-state index in [9.17, 15) is 0 Å². The topological polar surface area (TPSA) is 29.9 Å². The molecule has 0 saturated heterocycles. The summed E-state index contributed by atoms with van der Waals surface area (Å²) in [6.07, 6.45) is 13.0. The molecule has 2 saturated carbocycles. The first-order valence-corrected chi connectivity index (χ1v) is 8.03. The van der Waals surface area contributed by atoms with Crippen LogP contribution in [-0.2, 0) is 13.5 Å². The quantitative estimate of drug-likeness (QED) is 0.853. The average Bonchev–Trinajstić information content (AvgIpc) is 3.17. The average molecular weight is 261 g/mol. The maximum absolute atomic E-state index is 4.27. The van der Waals surface area contributed by atoms with Crippen molar-refractivity contribution < 1.29 is 0 Å². The second kappa shape index (κ2) is 6.08. The minimum atomic E-state index is 0.861. The van der Waals surface area contributed by atoms with Crippen LogP contribution < -0.4 is 5.32 Å². The molecule has 19 heavy (non-hydrogen) atoms. The van der Waals surface area contributed by atoms with Crippen LogP contribution >= 0.6 is 0 Å². The summed E-state index contributed by atoms with van der Waals surface area (Å²) in [5.74, 6) is 1.84. The van der Waals surface area contributed by atoms with E-state index in [-0.39, 0.29) is 0 Å². The van der Waals surface area contributed by atoms with E-state index in [2.05, 4.69) is 23.5 Å². The monoisotopic (exact) mass is 261 g/mol. The minimum absolute atomic E-state index is 0.861. The first kappa shape index (κ1) is 13.2. The van der Waals surface area contributed by atoms with Gasteiger partial charge in [0.1, 0.15) is 0 Å². The Kier molecular flexibility index (Phi) is 4.21. The first-order chi connectivity index (χ1) is 9.33. The molecule has 0 amide bonds. The van der Waals surface area contributed by atoms with Crippen LogP contribution in [0.15, 0.2) is 12.3 Å². The van der Waals surface area contributed by atoms with Gasteiger partial charge in [-0.25, -0.2) is 0 Å². The third kappa shape index (κ3) is 3.59. The van der Waals surface area contributed by atoms with E-state index >= 15 is 0 Å². The largest absolute Gasteiger partial charge is 0.314 e. The molecule has 0 aromatic carbocycles. The second-order valence-corrected chi connectivity index (χ2v) is 6.47. The molecule has 0 bridgehead atoms. The van der Waals surface area contributed by atoms with Crippen LogP contribution in [0.1, 0.15) is 50.6 Å². The lowest BCUT2D eigenvalue weighted by atomic mass is 9.76. The van der Waals surface area contributed by atoms with Crippen molar-refractivity contribution in [1.29, 1.82) is 0 Å². The van der Waals surface area contributed by atoms with E-state index in [4.69, 9.17) is 0 Å². The summed E-state index contributed by atoms with van der Waals surface area (Å²) in [5, 5.41) is 8.01. The summed E-state index contributed by atoms with van der Waals surface area (Å²) in [6.45, 7) is 1.26. The molecule has 3 heteroatoms. The Morgan fingerprint density at radius 2 is 2.00 bits per heavy atom. The molecule has 2 aliphatic carbocycles. The fraction of sp³-hybridized carbons (Fsp3) is 0.812. The third-order valence-corrected chi connectivity index (χ3v) is 5.01. The van der Waals surface area contributed by atoms with Crippen LogP contribution in [0.5, 0.6) is 0 Å². The molecule has 0 spiro atoms. The van der Waals surface area contributed by atoms with Crippen LogP contribution in [0.2, 0.25) is 0 Å². The van der Waals surface area contributed by atoms with Crippen molar-refractivity contribution in [3.63, 3.8) is 0 Å². The number of hydrogen-bond acceptors (Lipinski definition) is 2. The molecule has 1 heterocycles. The van der Waals surface area contributed by atoms with Gasteiger partial charge in [-0.1, -0.05) is 19.3 Å². The molecule has 0 aliphatic heterocycles. The fourth-order valence-corrected chi connectivity index (χ4v) is 3.52. The van der Waals surface area contributed by atoms with Crippen LogP contribution in [0.25, 0.3) is 0 Å². The van der Waals surface area contributed by atoms with Gasteiger partial charge in [-0.15, -0.1) is 0 Å². The van der Waals surface area contributed by atoms with Crippen molar-refractivity contribution in [2.75, 3.05) is 6.54 Å². The molecule has 0 radical (unpaired) electrons. The summed E-state index contributed by atoms with van der Waals surface area (Å²) in [4.78, 5) is 0. The number of nitrogens with zero attached hydrogens (tertiary/aromatic N) is 2. The zero-order chi connectivity index (χ0) is 13.1. The standard InChI is InChI=1S/C16H27N3/c1-19-16(10-11-18-19)9-6-13-4-2-3-5-14(13)12-17-15-7-8-15/h10-11,13-15,17H,2-9,12H2,1H3. The third-order valence-electron chi connectivity index (χ3n) is 5.01. The summed E-state index contributed by atoms with van der Waals surface area (Å²) in [5.41, 5.74) is 1.39. The van der Waals surface area contributed by atoms with E-state index < -0.39 is 0 Å². The summed E-state index contributed by atoms with van der Waals surface area (Å²) in [7, 11) is 2.06. The predicted octanol–water partition coefficient (Wildman–Crippen LogP) is 2.91. The summed E-state index contributed by atoms with van der Waals surface area (Å²) >= 11 is 0. The Balaban J connectivity index is 1.49. The molecular weight excluding hydrogens is 234 g/mol. The number of rotatable bonds is 6. The van der Waals surface area contributed by atoms with Crippen molar-refractivity contribution >= 4 is 0 Å². The molecule has 1 N–H and O–H groups in total. The lowest BCUT2D eigenvalue weighted by Gasteiger charge is -2.32. The number of aromatic nitrogens is 2. The summed E-state index contributed by atoms with van der Waals surface area (Å²) in [6, 6.07) is 3.03. The van der Waals surface area contributed by atoms with Crippen molar-refractivity contribution in [3.8, 4) is 0 Å². The molecule has 3 rings (SSSR count). The van der Waals surface area contributed by atoms with E-state index in [0.717, 1.165) is 17.9 Å². The molecule has 106 valence electrons. The van der Waals surface area contributed by atoms with Gasteiger partial charge in [0.25, 0.3) is 0 Å². The highest BCUT2D eigenvalue weighted by atomic mass is 15.2. The minimum Gasteiger partial charge on any atom is -0.314 e. The normalized spacial score (nSPS) is 27.6. The maximum Gasteiger partial charge on any atom is 0.0492 e. The van der Waals surface area contributed by atoms with Gasteiger partial charge in [0, 0.05) is 25.0 Å². The molecule has 2 aliphatic rings. The van der Waals surface area contributed by atoms with E-state index in [1.54, 1.807) is 0 Å². The Morgan fingerprint density at radius 3 is 2.68 bits per heavy atom. The van der Waals surface area contributed by atoms with E-state index in [1.807, 2.05) is 10.9 Å². The van der Waals surface area contributed by atoms with Gasteiger partial charge in [-0.05, 0) is 56.6 Å². The lowest BCUT2D eigenvalue weighted by molar-refractivity contribution is 0.216. The zero-order valence-corrected chi connectivity index (χ0v) is 12.1. The van der Waals surface area contributed by atoms with E-state index in [1.165, 1.54) is 63.6 Å². The molecular formula is C16H27N3. The smallest absolute Gasteiger partial charge is 0.0492 e. The van der Waals surface area contributed by atoms with Crippen molar-refractivity contribution in [2.24, 2.45) is 18.9 Å². The highest BCUT2D eigenvalue weighted by Crippen LogP contribution is 2.33. The van der Waals surface area contributed by atoms with Gasteiger partial charge >= 0.3 is 0 Å². The molecule has 2 unspecified atom stereocenters. The summed E-state index contributed by atoms with van der Waals surface area (Å²) < 4.78 is 2.03. The lowest BCUT2D eigenvalue weighted by Crippen LogP contribution is -2.32. The molecule has 2 atom stereocenters. The van der Waals surface area contributed by atoms with Gasteiger partial charge in [0.2, 0.25) is 0 Å². The Labute approximate surface area is 116 Å². The zero-order valence-electron chi connectivity index (χ0n) is 12.1. The van der Waals surface area contributed by atoms with Crippen molar-refractivity contribution in [1.82, 2.24) is 15.1 Å². The van der Waals surface area contributed by atoms with Gasteiger partial charge in [0.15, 0.2) is 0 Å². The maximum atomic E-state index is 4.27. The Hall–Kier alpha value is -0.830. The number of hydrogen-bond donors (Lipinski definition) is 1. The molecule has 3 nitrogen and oxygen atoms in total. The van der Waals surface area contributed by atoms with Crippen molar-refractivity contribution in [2.45, 2.75) is 57.4 Å². The van der Waals surface area contributed by atoms with Crippen LogP contribution in [0.3, 0.4) is 0 Å². The van der Waals surface area contributed by atoms with Crippen LogP contribution in [0.4, 0.5) is 0 Å². The highest BCUT2D eigenvalue weighted by Gasteiger charge is 2.27. The first-order valence-electron chi connectivity index (χ1n) is 8.03. The second-order valence-electron chi connectivity index (χ2n) is 6.47. The number of aryl methyl sites for hydroxylation is 2. The molecule has 2 fully saturated rings. The van der Waals surface area contributed by atoms with Crippen LogP contribution in [-0.4, -0.2) is 22.4 Å². The van der Waals surface area contributed by atoms with Gasteiger partial charge < -0.3 is 5.32 Å². The van der Waals surface area contributed by atoms with E-state index in [0.29, 0.717) is 0 Å². The van der Waals surface area contributed by atoms with Gasteiger partial charge in [0.05, 0.1) is 0 Å². The molecule has 1 aromatic rings. The van der Waals surface area contributed by atoms with Gasteiger partial charge in [-0.3, -0.25) is 4.68 Å². The Bertz CT molecular complexity index is 394. The Morgan fingerprint density at radius 1 is 1.21 bits per heavy atom. The molecule has 1 aromatic heterocycles. The van der Waals surface area contributed by atoms with Crippen LogP contribution in [0, 0.1) is 11.8 Å². The number of nitrogens with one attached hydrogen (secondary N) is 1. The fourth-order valence-electron chi connectivity index (χ4n) is 3.52. The highest BCUT2D eigenvalue weighted by molar-refractivity contribution is 5.00. The van der Waals surface area contributed by atoms with Crippen molar-refractivity contribution in [3.05, 3.63) is 18.0 Å². The predicted molar refractivity (Wildman–Crippen MR) is 78.0 cm³/mol.